The molecular weight excluding hydrogens is 418 g/mol. The van der Waals surface area contributed by atoms with Gasteiger partial charge in [-0.25, -0.2) is 11.0 Å². The first kappa shape index (κ1) is 31.6. The molecule has 0 aromatic heterocycles. The molecule has 33 heavy (non-hydrogen) atoms. The van der Waals surface area contributed by atoms with Crippen LogP contribution in [0.3, 0.4) is 0 Å². The van der Waals surface area contributed by atoms with E-state index in [1.54, 1.807) is 0 Å². The first-order chi connectivity index (χ1) is 16.0. The van der Waals surface area contributed by atoms with Crippen molar-refractivity contribution in [1.82, 2.24) is 10.4 Å². The van der Waals surface area contributed by atoms with Gasteiger partial charge in [-0.2, -0.15) is 5.10 Å². The van der Waals surface area contributed by atoms with Crippen LogP contribution in [-0.4, -0.2) is 54.4 Å². The van der Waals surface area contributed by atoms with Crippen molar-refractivity contribution in [2.24, 2.45) is 16.7 Å². The van der Waals surface area contributed by atoms with Gasteiger partial charge in [0.2, 0.25) is 0 Å². The molecule has 2 atom stereocenters. The van der Waals surface area contributed by atoms with Gasteiger partial charge >= 0.3 is 5.97 Å². The second-order valence-electron chi connectivity index (χ2n) is 9.04. The van der Waals surface area contributed by atoms with Crippen molar-refractivity contribution in [1.29, 1.82) is 0 Å². The van der Waals surface area contributed by atoms with Gasteiger partial charge in [-0.05, 0) is 32.2 Å². The van der Waals surface area contributed by atoms with Gasteiger partial charge < -0.3 is 20.9 Å². The Morgan fingerprint density at radius 2 is 1.48 bits per heavy atom. The number of ether oxygens (including phenoxy) is 1. The molecule has 0 amide bonds. The van der Waals surface area contributed by atoms with Crippen molar-refractivity contribution in [2.75, 3.05) is 19.7 Å². The number of hydrogen-bond donors (Lipinski definition) is 4. The zero-order valence-electron chi connectivity index (χ0n) is 21.5. The van der Waals surface area contributed by atoms with Crippen LogP contribution < -0.4 is 16.9 Å². The van der Waals surface area contributed by atoms with Crippen LogP contribution in [0.5, 0.6) is 0 Å². The molecule has 8 nitrogen and oxygen atoms in total. The number of nitrogens with zero attached hydrogens (tertiary/aromatic N) is 2. The predicted molar refractivity (Wildman–Crippen MR) is 138 cm³/mol. The Labute approximate surface area is 202 Å². The summed E-state index contributed by atoms with van der Waals surface area (Å²) in [6.07, 6.45) is 21.2. The minimum atomic E-state index is -0.943. The summed E-state index contributed by atoms with van der Waals surface area (Å²) in [5.41, 5.74) is 5.17. The Morgan fingerprint density at radius 1 is 0.939 bits per heavy atom. The molecule has 0 aliphatic rings. The third-order valence-corrected chi connectivity index (χ3v) is 5.96. The maximum atomic E-state index is 11.3. The Kier molecular flexibility index (Phi) is 22.8. The van der Waals surface area contributed by atoms with Crippen molar-refractivity contribution >= 4 is 12.3 Å². The van der Waals surface area contributed by atoms with E-state index in [0.29, 0.717) is 12.6 Å². The number of hydrazine groups is 1. The van der Waals surface area contributed by atoms with Crippen molar-refractivity contribution in [3.05, 3.63) is 0 Å². The monoisotopic (exact) mass is 471 g/mol. The number of hydrazone groups is 1. The summed E-state index contributed by atoms with van der Waals surface area (Å²) in [7, 11) is 0. The van der Waals surface area contributed by atoms with Crippen LogP contribution in [0.2, 0.25) is 0 Å². The summed E-state index contributed by atoms with van der Waals surface area (Å²) in [5, 5.41) is 17.0. The molecule has 0 radical (unpaired) electrons. The fourth-order valence-corrected chi connectivity index (χ4v) is 3.92. The molecule has 6 N–H and O–H groups in total. The normalized spacial score (nSPS) is 13.4. The maximum Gasteiger partial charge on any atom is 0.322 e. The SMILES string of the molecule is CCCCCCCCC(CCCCCC)OCCCCCCNC(CN(N)/N=C\N)C(=O)O. The molecule has 0 aromatic rings. The number of carboxylic acid groups (broad SMARTS) is 1. The Bertz CT molecular complexity index is 465. The molecule has 0 saturated carbocycles. The van der Waals surface area contributed by atoms with Crippen LogP contribution in [-0.2, 0) is 9.53 Å². The highest BCUT2D eigenvalue weighted by molar-refractivity contribution is 5.73. The number of nitrogens with one attached hydrogen (secondary N) is 1. The molecule has 0 bridgehead atoms. The molecule has 0 aromatic carbocycles. The molecule has 196 valence electrons. The average Bonchev–Trinajstić information content (AvgIpc) is 2.79. The number of carbonyl (C=O) groups is 1. The van der Waals surface area contributed by atoms with E-state index >= 15 is 0 Å². The minimum absolute atomic E-state index is 0.0646. The summed E-state index contributed by atoms with van der Waals surface area (Å²) in [6, 6.07) is -0.766. The number of rotatable bonds is 25. The molecule has 0 aliphatic carbocycles. The van der Waals surface area contributed by atoms with Gasteiger partial charge in [0.25, 0.3) is 0 Å². The largest absolute Gasteiger partial charge is 0.480 e. The van der Waals surface area contributed by atoms with Crippen LogP contribution in [0.25, 0.3) is 0 Å². The molecule has 2 unspecified atom stereocenters. The van der Waals surface area contributed by atoms with Gasteiger partial charge in [-0.3, -0.25) is 4.79 Å². The first-order valence-corrected chi connectivity index (χ1v) is 13.4. The van der Waals surface area contributed by atoms with Crippen molar-refractivity contribution in [3.63, 3.8) is 0 Å². The molecular formula is C25H53N5O3. The lowest BCUT2D eigenvalue weighted by Crippen LogP contribution is -2.47. The third kappa shape index (κ3) is 20.9. The van der Waals surface area contributed by atoms with Crippen molar-refractivity contribution in [3.8, 4) is 0 Å². The summed E-state index contributed by atoms with van der Waals surface area (Å²) in [6.45, 7) is 6.05. The molecule has 8 heteroatoms. The fourth-order valence-electron chi connectivity index (χ4n) is 3.92. The van der Waals surface area contributed by atoms with Gasteiger partial charge in [-0.1, -0.05) is 90.9 Å². The number of unbranched alkanes of at least 4 members (excludes halogenated alkanes) is 11. The van der Waals surface area contributed by atoms with Crippen LogP contribution in [0.15, 0.2) is 5.10 Å². The van der Waals surface area contributed by atoms with E-state index in [4.69, 9.17) is 16.3 Å². The zero-order chi connectivity index (χ0) is 24.6. The van der Waals surface area contributed by atoms with Crippen LogP contribution in [0, 0.1) is 0 Å². The van der Waals surface area contributed by atoms with Crippen LogP contribution >= 0.6 is 0 Å². The van der Waals surface area contributed by atoms with Crippen LogP contribution in [0.4, 0.5) is 0 Å². The Hall–Kier alpha value is -1.38. The quantitative estimate of drug-likeness (QED) is 0.0496. The first-order valence-electron chi connectivity index (χ1n) is 13.4. The smallest absolute Gasteiger partial charge is 0.322 e. The lowest BCUT2D eigenvalue weighted by atomic mass is 10.0. The molecule has 0 saturated heterocycles. The maximum absolute atomic E-state index is 11.3. The summed E-state index contributed by atoms with van der Waals surface area (Å²) in [5.74, 6) is 4.63. The molecule has 0 fully saturated rings. The zero-order valence-corrected chi connectivity index (χ0v) is 21.5. The van der Waals surface area contributed by atoms with Gasteiger partial charge in [0.15, 0.2) is 0 Å². The second-order valence-corrected chi connectivity index (χ2v) is 9.04. The van der Waals surface area contributed by atoms with Gasteiger partial charge in [-0.15, -0.1) is 0 Å². The van der Waals surface area contributed by atoms with E-state index in [9.17, 15) is 9.90 Å². The summed E-state index contributed by atoms with van der Waals surface area (Å²) < 4.78 is 6.26. The van der Waals surface area contributed by atoms with Crippen LogP contribution in [0.1, 0.15) is 117 Å². The highest BCUT2D eigenvalue weighted by Crippen LogP contribution is 2.17. The number of hydrogen-bond acceptors (Lipinski definition) is 6. The van der Waals surface area contributed by atoms with E-state index in [1.807, 2.05) is 0 Å². The summed E-state index contributed by atoms with van der Waals surface area (Å²) in [4.78, 5) is 11.3. The fraction of sp³-hybridized carbons (Fsp3) is 0.920. The van der Waals surface area contributed by atoms with E-state index < -0.39 is 12.0 Å². The second kappa shape index (κ2) is 23.8. The van der Waals surface area contributed by atoms with Gasteiger partial charge in [0.05, 0.1) is 12.6 Å². The van der Waals surface area contributed by atoms with E-state index in [1.165, 1.54) is 77.0 Å². The number of nitrogens with two attached hydrogens (primary N) is 2. The lowest BCUT2D eigenvalue weighted by molar-refractivity contribution is -0.140. The molecule has 0 heterocycles. The molecule has 0 aliphatic heterocycles. The van der Waals surface area contributed by atoms with Crippen molar-refractivity contribution < 1.29 is 14.6 Å². The van der Waals surface area contributed by atoms with E-state index in [0.717, 1.165) is 43.7 Å². The number of carboxylic acids is 1. The topological polar surface area (TPSA) is 126 Å². The van der Waals surface area contributed by atoms with E-state index in [-0.39, 0.29) is 6.54 Å². The van der Waals surface area contributed by atoms with Gasteiger partial charge in [0.1, 0.15) is 12.4 Å². The third-order valence-electron chi connectivity index (χ3n) is 5.96. The van der Waals surface area contributed by atoms with Crippen molar-refractivity contribution in [2.45, 2.75) is 129 Å². The Balaban J connectivity index is 3.96. The highest BCUT2D eigenvalue weighted by Gasteiger charge is 2.18. The lowest BCUT2D eigenvalue weighted by Gasteiger charge is -2.19. The summed E-state index contributed by atoms with van der Waals surface area (Å²) >= 11 is 0. The standard InChI is InChI=1S/C25H53N5O3/c1-3-5-7-9-10-14-18-23(17-13-8-6-4-2)33-20-16-12-11-15-19-28-24(25(31)32)21-30(27)29-22-26/h22-24,28H,3-21,27H2,1-2H3,(H2,26,29)(H,31,32). The number of aliphatic carboxylic acids is 1. The molecule has 0 rings (SSSR count). The minimum Gasteiger partial charge on any atom is -0.480 e. The highest BCUT2D eigenvalue weighted by atomic mass is 16.5. The van der Waals surface area contributed by atoms with E-state index in [2.05, 4.69) is 24.3 Å². The molecule has 0 spiro atoms. The predicted octanol–water partition coefficient (Wildman–Crippen LogP) is 4.77. The average molecular weight is 472 g/mol. The Morgan fingerprint density at radius 3 is 2.09 bits per heavy atom. The van der Waals surface area contributed by atoms with Gasteiger partial charge in [0, 0.05) is 6.61 Å².